The number of hydrogen-bond donors (Lipinski definition) is 1. The van der Waals surface area contributed by atoms with Gasteiger partial charge in [0.05, 0.1) is 28.9 Å². The summed E-state index contributed by atoms with van der Waals surface area (Å²) in [7, 11) is 0. The highest BCUT2D eigenvalue weighted by molar-refractivity contribution is 6.32. The van der Waals surface area contributed by atoms with E-state index in [9.17, 15) is 19.5 Å². The van der Waals surface area contributed by atoms with Crippen LogP contribution in [0.15, 0.2) is 69.9 Å². The van der Waals surface area contributed by atoms with E-state index < -0.39 is 22.8 Å². The fourth-order valence-corrected chi connectivity index (χ4v) is 4.64. The zero-order valence-electron chi connectivity index (χ0n) is 19.7. The third kappa shape index (κ3) is 3.58. The number of ketones is 2. The third-order valence-electron chi connectivity index (χ3n) is 6.86. The number of phenolic OH excluding ortho intramolecular Hbond substituents is 1. The van der Waals surface area contributed by atoms with Crippen LogP contribution in [0.1, 0.15) is 68.8 Å². The van der Waals surface area contributed by atoms with E-state index in [1.807, 2.05) is 44.2 Å². The average molecular weight is 469 g/mol. The largest absolute Gasteiger partial charge is 0.507 e. The molecule has 1 heterocycles. The lowest BCUT2D eigenvalue weighted by Crippen LogP contribution is -2.31. The molecule has 6 nitrogen and oxygen atoms in total. The molecule has 0 radical (unpaired) electrons. The lowest BCUT2D eigenvalue weighted by molar-refractivity contribution is -0.0528. The molecule has 35 heavy (non-hydrogen) atoms. The van der Waals surface area contributed by atoms with Crippen LogP contribution in [-0.4, -0.2) is 16.7 Å². The van der Waals surface area contributed by atoms with Gasteiger partial charge in [0.15, 0.2) is 11.4 Å². The first kappa shape index (κ1) is 22.7. The average Bonchev–Trinajstić information content (AvgIpc) is 2.86. The Morgan fingerprint density at radius 3 is 2.37 bits per heavy atom. The number of carbonyl (C=O) groups excluding carboxylic acids is 2. The van der Waals surface area contributed by atoms with Crippen molar-refractivity contribution in [2.75, 3.05) is 0 Å². The van der Waals surface area contributed by atoms with Crippen molar-refractivity contribution < 1.29 is 23.8 Å². The Labute approximate surface area is 201 Å². The number of rotatable bonds is 5. The van der Waals surface area contributed by atoms with Gasteiger partial charge < -0.3 is 14.3 Å². The Kier molecular flexibility index (Phi) is 5.41. The summed E-state index contributed by atoms with van der Waals surface area (Å²) in [4.78, 5) is 39.8. The zero-order chi connectivity index (χ0) is 24.9. The molecule has 6 heteroatoms. The SMILES string of the molecule is CCC(C)(OCc1ccccc1)c1cc2c(C)cc3c(c2oc1=O)C(=O)c1c(O)cccc1C3=O. The van der Waals surface area contributed by atoms with Gasteiger partial charge in [-0.05, 0) is 49.6 Å². The predicted molar refractivity (Wildman–Crippen MR) is 131 cm³/mol. The molecule has 0 aliphatic heterocycles. The van der Waals surface area contributed by atoms with Gasteiger partial charge in [-0.3, -0.25) is 9.59 Å². The van der Waals surface area contributed by atoms with Gasteiger partial charge in [0.25, 0.3) is 0 Å². The predicted octanol–water partition coefficient (Wildman–Crippen LogP) is 5.42. The second kappa shape index (κ2) is 8.32. The van der Waals surface area contributed by atoms with Crippen LogP contribution >= 0.6 is 0 Å². The molecular formula is C29H24O6. The summed E-state index contributed by atoms with van der Waals surface area (Å²) in [5.74, 6) is -1.23. The molecule has 3 aromatic carbocycles. The van der Waals surface area contributed by atoms with Gasteiger partial charge >= 0.3 is 5.63 Å². The standard InChI is InChI=1S/C29H24O6/c1-4-29(3,34-15-17-9-6-5-7-10-17)21-14-19-16(2)13-20-24(27(19)35-28(21)33)26(32)23-18(25(20)31)11-8-12-22(23)30/h5-14,30H,4,15H2,1-3H3. The number of fused-ring (bicyclic) bond motifs is 4. The molecule has 1 atom stereocenters. The summed E-state index contributed by atoms with van der Waals surface area (Å²) in [5, 5.41) is 10.8. The minimum Gasteiger partial charge on any atom is -0.507 e. The van der Waals surface area contributed by atoms with Gasteiger partial charge in [-0.25, -0.2) is 4.79 Å². The molecule has 5 rings (SSSR count). The molecule has 1 N–H and O–H groups in total. The van der Waals surface area contributed by atoms with Gasteiger partial charge in [0.2, 0.25) is 5.78 Å². The molecule has 1 aliphatic rings. The molecule has 0 saturated carbocycles. The second-order valence-electron chi connectivity index (χ2n) is 9.02. The van der Waals surface area contributed by atoms with Gasteiger partial charge in [-0.2, -0.15) is 0 Å². The number of phenols is 1. The Hall–Kier alpha value is -4.03. The smallest absolute Gasteiger partial charge is 0.342 e. The molecule has 0 bridgehead atoms. The minimum absolute atomic E-state index is 0.00310. The highest BCUT2D eigenvalue weighted by atomic mass is 16.5. The van der Waals surface area contributed by atoms with E-state index in [-0.39, 0.29) is 33.6 Å². The molecule has 0 amide bonds. The van der Waals surface area contributed by atoms with Gasteiger partial charge in [0, 0.05) is 16.5 Å². The van der Waals surface area contributed by atoms with Gasteiger partial charge in [-0.1, -0.05) is 49.4 Å². The summed E-state index contributed by atoms with van der Waals surface area (Å²) < 4.78 is 12.0. The van der Waals surface area contributed by atoms with E-state index in [2.05, 4.69) is 0 Å². The van der Waals surface area contributed by atoms with Crippen molar-refractivity contribution in [1.29, 1.82) is 0 Å². The molecule has 176 valence electrons. The van der Waals surface area contributed by atoms with Crippen molar-refractivity contribution in [2.24, 2.45) is 0 Å². The van der Waals surface area contributed by atoms with Gasteiger partial charge in [0.1, 0.15) is 5.75 Å². The van der Waals surface area contributed by atoms with Crippen LogP contribution in [0.5, 0.6) is 5.75 Å². The number of aryl methyl sites for hydroxylation is 1. The van der Waals surface area contributed by atoms with E-state index >= 15 is 0 Å². The van der Waals surface area contributed by atoms with Crippen molar-refractivity contribution in [3.05, 3.63) is 110 Å². The number of hydrogen-bond acceptors (Lipinski definition) is 6. The number of ether oxygens (including phenoxy) is 1. The highest BCUT2D eigenvalue weighted by Crippen LogP contribution is 2.38. The van der Waals surface area contributed by atoms with Crippen LogP contribution in [0.3, 0.4) is 0 Å². The van der Waals surface area contributed by atoms with E-state index in [0.717, 1.165) is 5.56 Å². The van der Waals surface area contributed by atoms with E-state index in [0.29, 0.717) is 29.5 Å². The monoisotopic (exact) mass is 468 g/mol. The van der Waals surface area contributed by atoms with Gasteiger partial charge in [-0.15, -0.1) is 0 Å². The number of carbonyl (C=O) groups is 2. The zero-order valence-corrected chi connectivity index (χ0v) is 19.7. The fourth-order valence-electron chi connectivity index (χ4n) is 4.64. The minimum atomic E-state index is -0.933. The first-order valence-corrected chi connectivity index (χ1v) is 11.5. The third-order valence-corrected chi connectivity index (χ3v) is 6.86. The van der Waals surface area contributed by atoms with Crippen LogP contribution in [0.4, 0.5) is 0 Å². The maximum absolute atomic E-state index is 13.4. The van der Waals surface area contributed by atoms with E-state index in [4.69, 9.17) is 9.15 Å². The fraction of sp³-hybridized carbons (Fsp3) is 0.207. The maximum atomic E-state index is 13.4. The molecule has 1 aromatic heterocycles. The first-order chi connectivity index (χ1) is 16.7. The quantitative estimate of drug-likeness (QED) is 0.346. The van der Waals surface area contributed by atoms with Crippen molar-refractivity contribution in [3.63, 3.8) is 0 Å². The van der Waals surface area contributed by atoms with Crippen molar-refractivity contribution in [2.45, 2.75) is 39.4 Å². The molecule has 0 saturated heterocycles. The van der Waals surface area contributed by atoms with Crippen LogP contribution < -0.4 is 5.63 Å². The molecule has 0 spiro atoms. The van der Waals surface area contributed by atoms with Crippen LogP contribution in [0.25, 0.3) is 11.0 Å². The Morgan fingerprint density at radius 1 is 0.914 bits per heavy atom. The van der Waals surface area contributed by atoms with E-state index in [1.165, 1.54) is 18.2 Å². The van der Waals surface area contributed by atoms with Crippen LogP contribution in [0.2, 0.25) is 0 Å². The summed E-state index contributed by atoms with van der Waals surface area (Å²) >= 11 is 0. The number of aromatic hydroxyl groups is 1. The summed E-state index contributed by atoms with van der Waals surface area (Å²) in [6, 6.07) is 17.4. The molecular weight excluding hydrogens is 444 g/mol. The number of benzene rings is 3. The highest BCUT2D eigenvalue weighted by Gasteiger charge is 2.36. The molecule has 1 aliphatic carbocycles. The Balaban J connectivity index is 1.67. The Bertz CT molecular complexity index is 1560. The van der Waals surface area contributed by atoms with E-state index in [1.54, 1.807) is 19.1 Å². The first-order valence-electron chi connectivity index (χ1n) is 11.5. The summed E-state index contributed by atoms with van der Waals surface area (Å²) in [6.07, 6.45) is 0.513. The normalized spacial score (nSPS) is 14.5. The lowest BCUT2D eigenvalue weighted by Gasteiger charge is -2.29. The van der Waals surface area contributed by atoms with Crippen LogP contribution in [0, 0.1) is 6.92 Å². The van der Waals surface area contributed by atoms with Crippen molar-refractivity contribution >= 4 is 22.5 Å². The van der Waals surface area contributed by atoms with Crippen molar-refractivity contribution in [3.8, 4) is 5.75 Å². The molecule has 0 fully saturated rings. The molecule has 4 aromatic rings. The summed E-state index contributed by atoms with van der Waals surface area (Å²) in [5.41, 5.74) is 0.694. The molecule has 1 unspecified atom stereocenters. The van der Waals surface area contributed by atoms with Crippen molar-refractivity contribution in [1.82, 2.24) is 0 Å². The lowest BCUT2D eigenvalue weighted by atomic mass is 9.81. The maximum Gasteiger partial charge on any atom is 0.342 e. The Morgan fingerprint density at radius 2 is 1.66 bits per heavy atom. The second-order valence-corrected chi connectivity index (χ2v) is 9.02. The topological polar surface area (TPSA) is 93.8 Å². The van der Waals surface area contributed by atoms with Crippen LogP contribution in [-0.2, 0) is 16.9 Å². The summed E-state index contributed by atoms with van der Waals surface area (Å²) in [6.45, 7) is 5.88.